The van der Waals surface area contributed by atoms with Crippen LogP contribution in [0, 0.1) is 5.82 Å². The number of Topliss-reactive ketones (excluding diaryl/α,β-unsaturated/α-hetero) is 1. The number of quaternary nitrogens is 1. The van der Waals surface area contributed by atoms with E-state index in [4.69, 9.17) is 14.2 Å². The molecule has 8 nitrogen and oxygen atoms in total. The van der Waals surface area contributed by atoms with Crippen molar-refractivity contribution < 1.29 is 38.2 Å². The Morgan fingerprint density at radius 1 is 1.08 bits per heavy atom. The Labute approximate surface area is 210 Å². The highest BCUT2D eigenvalue weighted by Crippen LogP contribution is 2.43. The van der Waals surface area contributed by atoms with Gasteiger partial charge in [-0.2, -0.15) is 0 Å². The minimum Gasteiger partial charge on any atom is -0.872 e. The minimum atomic E-state index is -1.01. The van der Waals surface area contributed by atoms with Gasteiger partial charge in [0.2, 0.25) is 5.78 Å². The van der Waals surface area contributed by atoms with E-state index in [1.165, 1.54) is 36.2 Å². The molecule has 9 heteroatoms. The average molecular weight is 501 g/mol. The number of hydrogen-bond donors (Lipinski definition) is 1. The number of ketones is 1. The molecule has 194 valence electrons. The highest BCUT2D eigenvalue weighted by molar-refractivity contribution is 6.46. The summed E-state index contributed by atoms with van der Waals surface area (Å²) in [5.41, 5.74) is 0.142. The Bertz CT molecular complexity index is 1160. The van der Waals surface area contributed by atoms with Crippen LogP contribution in [0.5, 0.6) is 17.2 Å². The van der Waals surface area contributed by atoms with E-state index in [2.05, 4.69) is 0 Å². The second-order valence-corrected chi connectivity index (χ2v) is 9.20. The van der Waals surface area contributed by atoms with Crippen molar-refractivity contribution in [3.63, 3.8) is 0 Å². The molecule has 1 amide bonds. The van der Waals surface area contributed by atoms with E-state index in [9.17, 15) is 19.1 Å². The molecule has 1 heterocycles. The number of carbonyl (C=O) groups excluding carboxylic acids is 2. The largest absolute Gasteiger partial charge is 0.872 e. The van der Waals surface area contributed by atoms with Crippen LogP contribution in [0.4, 0.5) is 4.39 Å². The Balaban J connectivity index is 2.18. The predicted octanol–water partition coefficient (Wildman–Crippen LogP) is 1.39. The molecule has 1 aliphatic rings. The fourth-order valence-corrected chi connectivity index (χ4v) is 4.23. The highest BCUT2D eigenvalue weighted by atomic mass is 19.1. The smallest absolute Gasteiger partial charge is 0.295 e. The zero-order valence-electron chi connectivity index (χ0n) is 21.5. The summed E-state index contributed by atoms with van der Waals surface area (Å²) >= 11 is 0. The van der Waals surface area contributed by atoms with Crippen molar-refractivity contribution >= 4 is 17.4 Å². The molecule has 1 unspecified atom stereocenters. The molecule has 1 N–H and O–H groups in total. The quantitative estimate of drug-likeness (QED) is 0.301. The second kappa shape index (κ2) is 11.4. The number of carbonyl (C=O) groups is 2. The fraction of sp³-hybridized carbons (Fsp3) is 0.407. The lowest BCUT2D eigenvalue weighted by Gasteiger charge is -2.29. The molecule has 3 rings (SSSR count). The van der Waals surface area contributed by atoms with Crippen LogP contribution in [-0.2, 0) is 9.59 Å². The number of nitrogens with one attached hydrogen (secondary N) is 1. The molecule has 0 aromatic heterocycles. The molecule has 0 radical (unpaired) electrons. The van der Waals surface area contributed by atoms with Crippen molar-refractivity contribution in [3.8, 4) is 17.2 Å². The molecular weight excluding hydrogens is 467 g/mol. The summed E-state index contributed by atoms with van der Waals surface area (Å²) in [6, 6.07) is 7.76. The molecule has 2 aromatic rings. The minimum absolute atomic E-state index is 0.000739. The Hall–Kier alpha value is -3.59. The van der Waals surface area contributed by atoms with Gasteiger partial charge in [-0.05, 0) is 49.7 Å². The lowest BCUT2D eigenvalue weighted by Crippen LogP contribution is -3.05. The molecule has 36 heavy (non-hydrogen) atoms. The van der Waals surface area contributed by atoms with Crippen LogP contribution in [0.3, 0.4) is 0 Å². The molecule has 0 bridgehead atoms. The summed E-state index contributed by atoms with van der Waals surface area (Å²) in [6.07, 6.45) is 0.355. The van der Waals surface area contributed by atoms with Gasteiger partial charge in [0, 0.05) is 24.1 Å². The normalized spacial score (nSPS) is 17.2. The number of halogens is 1. The third-order valence-electron chi connectivity index (χ3n) is 5.89. The topological polar surface area (TPSA) is 92.6 Å². The SMILES string of the molecule is COc1ccc(OC)c(C2C(=C([O-])c3ccc(OC(C)C)c(F)c3)C(=O)C(=O)N2CCC[NH+](C)C)c1. The molecule has 2 aromatic carbocycles. The third-order valence-corrected chi connectivity index (χ3v) is 5.89. The van der Waals surface area contributed by atoms with E-state index in [0.717, 1.165) is 12.6 Å². The van der Waals surface area contributed by atoms with Gasteiger partial charge < -0.3 is 29.1 Å². The van der Waals surface area contributed by atoms with Gasteiger partial charge in [-0.1, -0.05) is 11.8 Å². The average Bonchev–Trinajstić information content (AvgIpc) is 3.08. The van der Waals surface area contributed by atoms with E-state index in [1.807, 2.05) is 14.1 Å². The fourth-order valence-electron chi connectivity index (χ4n) is 4.23. The predicted molar refractivity (Wildman–Crippen MR) is 130 cm³/mol. The van der Waals surface area contributed by atoms with E-state index < -0.39 is 29.3 Å². The Morgan fingerprint density at radius 3 is 2.36 bits per heavy atom. The highest BCUT2D eigenvalue weighted by Gasteiger charge is 2.45. The van der Waals surface area contributed by atoms with Gasteiger partial charge in [0.15, 0.2) is 11.6 Å². The Morgan fingerprint density at radius 2 is 1.78 bits per heavy atom. The molecule has 1 saturated heterocycles. The van der Waals surface area contributed by atoms with Crippen LogP contribution < -0.4 is 24.2 Å². The van der Waals surface area contributed by atoms with Crippen molar-refractivity contribution in [2.24, 2.45) is 0 Å². The summed E-state index contributed by atoms with van der Waals surface area (Å²) in [6.45, 7) is 4.53. The summed E-state index contributed by atoms with van der Waals surface area (Å²) in [5.74, 6) is -2.27. The maximum Gasteiger partial charge on any atom is 0.295 e. The van der Waals surface area contributed by atoms with Crippen molar-refractivity contribution in [2.45, 2.75) is 32.4 Å². The van der Waals surface area contributed by atoms with E-state index >= 15 is 0 Å². The molecule has 1 atom stereocenters. The van der Waals surface area contributed by atoms with Gasteiger partial charge in [-0.25, -0.2) is 4.39 Å². The first-order valence-electron chi connectivity index (χ1n) is 11.8. The molecule has 0 spiro atoms. The van der Waals surface area contributed by atoms with Crippen LogP contribution in [0.2, 0.25) is 0 Å². The maximum absolute atomic E-state index is 14.7. The summed E-state index contributed by atoms with van der Waals surface area (Å²) in [7, 11) is 6.94. The molecular formula is C27H33FN2O6. The van der Waals surface area contributed by atoms with Crippen molar-refractivity contribution in [2.75, 3.05) is 41.4 Å². The molecule has 0 aliphatic carbocycles. The Kier molecular flexibility index (Phi) is 8.57. The van der Waals surface area contributed by atoms with E-state index in [0.29, 0.717) is 23.5 Å². The van der Waals surface area contributed by atoms with Crippen molar-refractivity contribution in [1.82, 2.24) is 4.90 Å². The number of rotatable bonds is 10. The van der Waals surface area contributed by atoms with Gasteiger partial charge in [0.25, 0.3) is 5.91 Å². The van der Waals surface area contributed by atoms with Crippen LogP contribution in [0.15, 0.2) is 42.0 Å². The third kappa shape index (κ3) is 5.62. The molecule has 0 saturated carbocycles. The summed E-state index contributed by atoms with van der Waals surface area (Å²) < 4.78 is 31.0. The van der Waals surface area contributed by atoms with E-state index in [1.54, 1.807) is 32.0 Å². The number of amides is 1. The van der Waals surface area contributed by atoms with Crippen molar-refractivity contribution in [1.29, 1.82) is 0 Å². The lowest BCUT2D eigenvalue weighted by atomic mass is 9.94. The van der Waals surface area contributed by atoms with Crippen molar-refractivity contribution in [3.05, 3.63) is 58.9 Å². The van der Waals surface area contributed by atoms with Gasteiger partial charge in [-0.15, -0.1) is 0 Å². The summed E-state index contributed by atoms with van der Waals surface area (Å²) in [5, 5.41) is 13.6. The number of hydrogen-bond acceptors (Lipinski definition) is 6. The molecule has 1 aliphatic heterocycles. The van der Waals surface area contributed by atoms with Crippen LogP contribution >= 0.6 is 0 Å². The monoisotopic (exact) mass is 500 g/mol. The number of nitrogens with zero attached hydrogens (tertiary/aromatic N) is 1. The van der Waals surface area contributed by atoms with Crippen LogP contribution in [0.25, 0.3) is 5.76 Å². The number of likely N-dealkylation sites (tertiary alicyclic amines) is 1. The zero-order valence-corrected chi connectivity index (χ0v) is 21.5. The lowest BCUT2D eigenvalue weighted by molar-refractivity contribution is -0.858. The first kappa shape index (κ1) is 27.0. The first-order chi connectivity index (χ1) is 17.1. The number of ether oxygens (including phenoxy) is 3. The standard InChI is InChI=1S/C27H33FN2O6/c1-16(2)36-22-10-8-17(14-20(22)28)25(31)23-24(19-15-18(34-5)9-11-21(19)35-6)30(27(33)26(23)32)13-7-12-29(3)4/h8-11,14-16,24,31H,7,12-13H2,1-6H3. The maximum atomic E-state index is 14.7. The van der Waals surface area contributed by atoms with Crippen LogP contribution in [-0.4, -0.2) is 64.1 Å². The van der Waals surface area contributed by atoms with E-state index in [-0.39, 0.29) is 29.5 Å². The zero-order chi connectivity index (χ0) is 26.6. The van der Waals surface area contributed by atoms with Gasteiger partial charge in [0.1, 0.15) is 11.5 Å². The number of benzene rings is 2. The van der Waals surface area contributed by atoms with Crippen LogP contribution in [0.1, 0.15) is 37.4 Å². The van der Waals surface area contributed by atoms with Gasteiger partial charge in [-0.3, -0.25) is 9.59 Å². The second-order valence-electron chi connectivity index (χ2n) is 9.20. The van der Waals surface area contributed by atoms with Gasteiger partial charge in [0.05, 0.1) is 47.0 Å². The summed E-state index contributed by atoms with van der Waals surface area (Å²) in [4.78, 5) is 28.9. The van der Waals surface area contributed by atoms with Gasteiger partial charge >= 0.3 is 0 Å². The molecule has 1 fully saturated rings. The first-order valence-corrected chi connectivity index (χ1v) is 11.8. The number of methoxy groups -OCH3 is 2.